The summed E-state index contributed by atoms with van der Waals surface area (Å²) in [7, 11) is 0.0638. The molecule has 7 heteroatoms. The molecule has 0 radical (unpaired) electrons. The molecule has 5 nitrogen and oxygen atoms in total. The van der Waals surface area contributed by atoms with Crippen molar-refractivity contribution in [2.24, 2.45) is 0 Å². The van der Waals surface area contributed by atoms with Crippen molar-refractivity contribution in [2.45, 2.75) is 30.6 Å². The minimum absolute atomic E-state index is 0.254. The SMILES string of the molecule is C=CCN(C)CCCCCCOc1ccc(N(C)S(=O)(=O)c2ccc(Br)cc2)cc1. The molecule has 0 N–H and O–H groups in total. The van der Waals surface area contributed by atoms with E-state index in [4.69, 9.17) is 4.74 Å². The van der Waals surface area contributed by atoms with Gasteiger partial charge in [0.15, 0.2) is 0 Å². The third-order valence-corrected chi connectivity index (χ3v) is 7.14. The standard InChI is InChI=1S/C23H31BrN2O3S/c1-4-17-25(2)18-7-5-6-8-19-29-22-13-11-21(12-14-22)26(3)30(27,28)23-15-9-20(24)10-16-23/h4,9-16H,1,5-8,17-19H2,2-3H3. The number of hydrogen-bond donors (Lipinski definition) is 0. The average molecular weight is 495 g/mol. The summed E-state index contributed by atoms with van der Waals surface area (Å²) in [4.78, 5) is 2.52. The number of unbranched alkanes of at least 4 members (excludes halogenated alkanes) is 3. The Morgan fingerprint density at radius 2 is 1.60 bits per heavy atom. The minimum Gasteiger partial charge on any atom is -0.494 e. The van der Waals surface area contributed by atoms with Crippen molar-refractivity contribution < 1.29 is 13.2 Å². The lowest BCUT2D eigenvalue weighted by Gasteiger charge is -2.20. The van der Waals surface area contributed by atoms with Crippen LogP contribution in [0.2, 0.25) is 0 Å². The Morgan fingerprint density at radius 3 is 2.23 bits per heavy atom. The highest BCUT2D eigenvalue weighted by atomic mass is 79.9. The molecule has 0 aliphatic heterocycles. The largest absolute Gasteiger partial charge is 0.494 e. The average Bonchev–Trinajstić information content (AvgIpc) is 2.73. The summed E-state index contributed by atoms with van der Waals surface area (Å²) in [6.07, 6.45) is 6.42. The molecule has 0 unspecified atom stereocenters. The van der Waals surface area contributed by atoms with Gasteiger partial charge in [0.1, 0.15) is 5.75 Å². The smallest absolute Gasteiger partial charge is 0.264 e. The van der Waals surface area contributed by atoms with Crippen LogP contribution in [0.3, 0.4) is 0 Å². The van der Waals surface area contributed by atoms with Crippen molar-refractivity contribution >= 4 is 31.6 Å². The maximum atomic E-state index is 12.8. The van der Waals surface area contributed by atoms with E-state index >= 15 is 0 Å². The lowest BCUT2D eigenvalue weighted by molar-refractivity contribution is 0.300. The second-order valence-electron chi connectivity index (χ2n) is 7.23. The number of benzene rings is 2. The fraction of sp³-hybridized carbons (Fsp3) is 0.391. The number of nitrogens with zero attached hydrogens (tertiary/aromatic N) is 2. The maximum absolute atomic E-state index is 12.8. The number of hydrogen-bond acceptors (Lipinski definition) is 4. The Hall–Kier alpha value is -1.83. The summed E-state index contributed by atoms with van der Waals surface area (Å²) in [6, 6.07) is 13.8. The first-order chi connectivity index (χ1) is 14.3. The Bertz CT molecular complexity index is 884. The summed E-state index contributed by atoms with van der Waals surface area (Å²) >= 11 is 3.32. The molecule has 0 fully saturated rings. The monoisotopic (exact) mass is 494 g/mol. The van der Waals surface area contributed by atoms with Gasteiger partial charge in [-0.3, -0.25) is 4.31 Å². The number of rotatable bonds is 13. The molecular formula is C23H31BrN2O3S. The van der Waals surface area contributed by atoms with Crippen molar-refractivity contribution in [3.8, 4) is 5.75 Å². The number of anilines is 1. The molecule has 0 amide bonds. The fourth-order valence-corrected chi connectivity index (χ4v) is 4.45. The van der Waals surface area contributed by atoms with Gasteiger partial charge in [0, 0.05) is 18.1 Å². The first-order valence-corrected chi connectivity index (χ1v) is 12.3. The minimum atomic E-state index is -3.60. The summed E-state index contributed by atoms with van der Waals surface area (Å²) in [5.41, 5.74) is 0.592. The van der Waals surface area contributed by atoms with Gasteiger partial charge in [-0.25, -0.2) is 8.42 Å². The summed E-state index contributed by atoms with van der Waals surface area (Å²) in [6.45, 7) is 6.43. The summed E-state index contributed by atoms with van der Waals surface area (Å²) < 4.78 is 33.5. The molecule has 30 heavy (non-hydrogen) atoms. The molecule has 0 atom stereocenters. The van der Waals surface area contributed by atoms with Gasteiger partial charge in [-0.1, -0.05) is 34.8 Å². The predicted molar refractivity (Wildman–Crippen MR) is 128 cm³/mol. The molecule has 164 valence electrons. The molecule has 0 bridgehead atoms. The molecule has 0 saturated heterocycles. The second-order valence-corrected chi connectivity index (χ2v) is 10.1. The van der Waals surface area contributed by atoms with Crippen LogP contribution in [0.25, 0.3) is 0 Å². The van der Waals surface area contributed by atoms with Gasteiger partial charge in [-0.05, 0) is 75.0 Å². The van der Waals surface area contributed by atoms with Gasteiger partial charge in [0.2, 0.25) is 0 Å². The zero-order valence-corrected chi connectivity index (χ0v) is 20.2. The molecular weight excluding hydrogens is 464 g/mol. The van der Waals surface area contributed by atoms with Crippen molar-refractivity contribution in [1.29, 1.82) is 0 Å². The highest BCUT2D eigenvalue weighted by Gasteiger charge is 2.21. The van der Waals surface area contributed by atoms with Crippen LogP contribution in [0.4, 0.5) is 5.69 Å². The van der Waals surface area contributed by atoms with E-state index in [1.54, 1.807) is 43.4 Å². The molecule has 0 saturated carbocycles. The first-order valence-electron chi connectivity index (χ1n) is 10.1. The number of likely N-dealkylation sites (N-methyl/N-ethyl adjacent to an activating group) is 1. The van der Waals surface area contributed by atoms with Crippen LogP contribution >= 0.6 is 15.9 Å². The number of sulfonamides is 1. The van der Waals surface area contributed by atoms with Gasteiger partial charge in [-0.15, -0.1) is 6.58 Å². The van der Waals surface area contributed by atoms with E-state index in [0.717, 1.165) is 36.2 Å². The summed E-state index contributed by atoms with van der Waals surface area (Å²) in [5.74, 6) is 0.749. The van der Waals surface area contributed by atoms with E-state index < -0.39 is 10.0 Å². The highest BCUT2D eigenvalue weighted by Crippen LogP contribution is 2.25. The highest BCUT2D eigenvalue weighted by molar-refractivity contribution is 9.10. The van der Waals surface area contributed by atoms with Crippen LogP contribution in [0.1, 0.15) is 25.7 Å². The van der Waals surface area contributed by atoms with Gasteiger partial charge >= 0.3 is 0 Å². The van der Waals surface area contributed by atoms with Crippen LogP contribution in [-0.2, 0) is 10.0 Å². The van der Waals surface area contributed by atoms with E-state index in [0.29, 0.717) is 12.3 Å². The molecule has 0 spiro atoms. The topological polar surface area (TPSA) is 49.9 Å². The second kappa shape index (κ2) is 12.1. The van der Waals surface area contributed by atoms with Crippen LogP contribution in [0, 0.1) is 0 Å². The van der Waals surface area contributed by atoms with Crippen LogP contribution < -0.4 is 9.04 Å². The Morgan fingerprint density at radius 1 is 0.967 bits per heavy atom. The normalized spacial score (nSPS) is 11.5. The lowest BCUT2D eigenvalue weighted by Crippen LogP contribution is -2.26. The molecule has 2 aromatic carbocycles. The van der Waals surface area contributed by atoms with E-state index in [1.165, 1.54) is 17.1 Å². The van der Waals surface area contributed by atoms with E-state index in [9.17, 15) is 8.42 Å². The Labute approximate surface area is 189 Å². The van der Waals surface area contributed by atoms with Crippen LogP contribution in [-0.4, -0.2) is 47.1 Å². The number of ether oxygens (including phenoxy) is 1. The van der Waals surface area contributed by atoms with Gasteiger partial charge in [0.25, 0.3) is 10.0 Å². The van der Waals surface area contributed by atoms with E-state index in [2.05, 4.69) is 34.5 Å². The summed E-state index contributed by atoms with van der Waals surface area (Å²) in [5, 5.41) is 0. The molecule has 2 aromatic rings. The zero-order chi connectivity index (χ0) is 22.0. The zero-order valence-electron chi connectivity index (χ0n) is 17.8. The van der Waals surface area contributed by atoms with Crippen molar-refractivity contribution in [3.05, 3.63) is 65.7 Å². The van der Waals surface area contributed by atoms with Crippen molar-refractivity contribution in [3.63, 3.8) is 0 Å². The van der Waals surface area contributed by atoms with Crippen molar-refractivity contribution in [1.82, 2.24) is 4.90 Å². The van der Waals surface area contributed by atoms with Gasteiger partial charge in [-0.2, -0.15) is 0 Å². The first kappa shape index (κ1) is 24.4. The maximum Gasteiger partial charge on any atom is 0.264 e. The quantitative estimate of drug-likeness (QED) is 0.278. The Balaban J connectivity index is 1.78. The lowest BCUT2D eigenvalue weighted by atomic mass is 10.2. The van der Waals surface area contributed by atoms with E-state index in [1.807, 2.05) is 18.2 Å². The van der Waals surface area contributed by atoms with Crippen LogP contribution in [0.15, 0.2) is 70.6 Å². The van der Waals surface area contributed by atoms with Crippen molar-refractivity contribution in [2.75, 3.05) is 38.1 Å². The molecule has 0 aromatic heterocycles. The molecule has 0 aliphatic carbocycles. The Kier molecular flexibility index (Phi) is 9.88. The number of halogens is 1. The molecule has 2 rings (SSSR count). The fourth-order valence-electron chi connectivity index (χ4n) is 2.99. The third kappa shape index (κ3) is 7.45. The third-order valence-electron chi connectivity index (χ3n) is 4.82. The van der Waals surface area contributed by atoms with E-state index in [-0.39, 0.29) is 4.90 Å². The molecule has 0 heterocycles. The predicted octanol–water partition coefficient (Wildman–Crippen LogP) is 5.33. The van der Waals surface area contributed by atoms with Gasteiger partial charge in [0.05, 0.1) is 17.2 Å². The van der Waals surface area contributed by atoms with Crippen LogP contribution in [0.5, 0.6) is 5.75 Å². The molecule has 0 aliphatic rings. The van der Waals surface area contributed by atoms with Gasteiger partial charge < -0.3 is 9.64 Å².